The van der Waals surface area contributed by atoms with Crippen molar-refractivity contribution in [3.8, 4) is 0 Å². The quantitative estimate of drug-likeness (QED) is 0.230. The fraction of sp³-hybridized carbons (Fsp3) is 0.333. The van der Waals surface area contributed by atoms with E-state index in [-0.39, 0.29) is 11.9 Å². The zero-order valence-electron chi connectivity index (χ0n) is 4.93. The fourth-order valence-electron chi connectivity index (χ4n) is 0.191. The minimum absolute atomic E-state index is 0.0376. The van der Waals surface area contributed by atoms with Crippen molar-refractivity contribution in [1.29, 1.82) is 5.41 Å². The third-order valence-corrected chi connectivity index (χ3v) is 0.984. The molecule has 0 aromatic carbocycles. The van der Waals surface area contributed by atoms with Gasteiger partial charge < -0.3 is 11.5 Å². The highest BCUT2D eigenvalue weighted by atomic mass is 127. The number of nitrogens with zero attached hydrogens (tertiary/aromatic N) is 2. The summed E-state index contributed by atoms with van der Waals surface area (Å²) in [7, 11) is 1.68. The maximum absolute atomic E-state index is 7.04. The highest BCUT2D eigenvalue weighted by Crippen LogP contribution is 1.93. The first-order valence-electron chi connectivity index (χ1n) is 2.11. The Bertz CT molecular complexity index is 135. The Balaban J connectivity index is 3.93. The van der Waals surface area contributed by atoms with E-state index in [1.54, 1.807) is 7.05 Å². The number of hydrogen-bond donors (Lipinski definition) is 3. The summed E-state index contributed by atoms with van der Waals surface area (Å²) in [5.41, 5.74) is 9.98. The number of nitrogens with one attached hydrogen (secondary N) is 1. The number of guanidine groups is 2. The summed E-state index contributed by atoms with van der Waals surface area (Å²) in [4.78, 5) is 3.45. The lowest BCUT2D eigenvalue weighted by Crippen LogP contribution is -2.26. The Morgan fingerprint density at radius 3 is 2.22 bits per heavy atom. The monoisotopic (exact) mass is 241 g/mol. The van der Waals surface area contributed by atoms with Gasteiger partial charge in [-0.05, 0) is 0 Å². The van der Waals surface area contributed by atoms with Crippen LogP contribution in [0.15, 0.2) is 4.99 Å². The molecular formula is C3H8IN5. The van der Waals surface area contributed by atoms with Crippen LogP contribution in [-0.4, -0.2) is 22.1 Å². The van der Waals surface area contributed by atoms with Gasteiger partial charge in [-0.25, -0.2) is 0 Å². The van der Waals surface area contributed by atoms with Crippen LogP contribution in [0.25, 0.3) is 0 Å². The number of nitrogens with two attached hydrogens (primary N) is 2. The molecule has 0 radical (unpaired) electrons. The van der Waals surface area contributed by atoms with Gasteiger partial charge in [0.2, 0.25) is 5.96 Å². The molecule has 52 valence electrons. The number of halogens is 1. The summed E-state index contributed by atoms with van der Waals surface area (Å²) in [6.07, 6.45) is 0. The summed E-state index contributed by atoms with van der Waals surface area (Å²) in [5, 5.41) is 7.04. The van der Waals surface area contributed by atoms with E-state index in [9.17, 15) is 0 Å². The van der Waals surface area contributed by atoms with Crippen LogP contribution in [-0.2, 0) is 0 Å². The molecule has 0 aromatic rings. The second-order valence-corrected chi connectivity index (χ2v) is 2.78. The van der Waals surface area contributed by atoms with Gasteiger partial charge in [0.1, 0.15) is 0 Å². The molecule has 0 atom stereocenters. The second kappa shape index (κ2) is 3.49. The summed E-state index contributed by atoms with van der Waals surface area (Å²) >= 11 is 1.89. The zero-order chi connectivity index (χ0) is 7.44. The van der Waals surface area contributed by atoms with Gasteiger partial charge in [0.05, 0.1) is 22.9 Å². The molecule has 0 saturated carbocycles. The molecule has 0 aliphatic rings. The van der Waals surface area contributed by atoms with Crippen LogP contribution in [0, 0.1) is 5.41 Å². The van der Waals surface area contributed by atoms with E-state index in [1.807, 2.05) is 22.9 Å². The van der Waals surface area contributed by atoms with E-state index in [0.717, 1.165) is 0 Å². The van der Waals surface area contributed by atoms with Crippen molar-refractivity contribution in [2.24, 2.45) is 16.5 Å². The Morgan fingerprint density at radius 1 is 1.67 bits per heavy atom. The van der Waals surface area contributed by atoms with Crippen molar-refractivity contribution < 1.29 is 0 Å². The van der Waals surface area contributed by atoms with E-state index < -0.39 is 0 Å². The number of rotatable bonds is 0. The first-order valence-corrected chi connectivity index (χ1v) is 3.08. The normalized spacial score (nSPS) is 8.22. The van der Waals surface area contributed by atoms with E-state index in [2.05, 4.69) is 4.99 Å². The lowest BCUT2D eigenvalue weighted by Gasteiger charge is -2.04. The van der Waals surface area contributed by atoms with Gasteiger partial charge >= 0.3 is 0 Å². The Hall–Kier alpha value is -0.530. The van der Waals surface area contributed by atoms with Gasteiger partial charge in [-0.15, -0.1) is 0 Å². The molecular weight excluding hydrogens is 233 g/mol. The number of hydrogen-bond acceptors (Lipinski definition) is 1. The molecule has 0 aliphatic carbocycles. The molecule has 0 saturated heterocycles. The topological polar surface area (TPSA) is 91.5 Å². The molecule has 5 N–H and O–H groups in total. The van der Waals surface area contributed by atoms with Crippen LogP contribution in [0.2, 0.25) is 0 Å². The van der Waals surface area contributed by atoms with Crippen LogP contribution in [0.4, 0.5) is 0 Å². The Kier molecular flexibility index (Phi) is 3.28. The van der Waals surface area contributed by atoms with Crippen LogP contribution in [0.1, 0.15) is 0 Å². The molecule has 0 amide bonds. The van der Waals surface area contributed by atoms with Gasteiger partial charge in [0.15, 0.2) is 5.96 Å². The fourth-order valence-corrected chi connectivity index (χ4v) is 0.299. The van der Waals surface area contributed by atoms with Gasteiger partial charge in [0, 0.05) is 7.05 Å². The van der Waals surface area contributed by atoms with Crippen LogP contribution >= 0.6 is 22.9 Å². The summed E-state index contributed by atoms with van der Waals surface area (Å²) in [6.45, 7) is 0. The Morgan fingerprint density at radius 2 is 2.11 bits per heavy atom. The van der Waals surface area contributed by atoms with Crippen LogP contribution in [0.3, 0.4) is 0 Å². The summed E-state index contributed by atoms with van der Waals surface area (Å²) < 4.78 is 1.47. The molecule has 5 nitrogen and oxygen atoms in total. The van der Waals surface area contributed by atoms with E-state index >= 15 is 0 Å². The molecule has 9 heavy (non-hydrogen) atoms. The number of aliphatic imine (C=N–C) groups is 1. The highest BCUT2D eigenvalue weighted by Gasteiger charge is 1.95. The van der Waals surface area contributed by atoms with Gasteiger partial charge in [-0.3, -0.25) is 8.52 Å². The molecule has 0 aromatic heterocycles. The largest absolute Gasteiger partial charge is 0.370 e. The predicted molar refractivity (Wildman–Crippen MR) is 45.3 cm³/mol. The zero-order valence-corrected chi connectivity index (χ0v) is 7.08. The maximum atomic E-state index is 7.04. The highest BCUT2D eigenvalue weighted by molar-refractivity contribution is 14.1. The van der Waals surface area contributed by atoms with Gasteiger partial charge in [0.25, 0.3) is 0 Å². The van der Waals surface area contributed by atoms with Crippen molar-refractivity contribution in [3.05, 3.63) is 0 Å². The van der Waals surface area contributed by atoms with Gasteiger partial charge in [-0.1, -0.05) is 0 Å². The molecule has 0 spiro atoms. The van der Waals surface area contributed by atoms with Crippen molar-refractivity contribution in [3.63, 3.8) is 0 Å². The lowest BCUT2D eigenvalue weighted by atomic mass is 10.9. The summed E-state index contributed by atoms with van der Waals surface area (Å²) in [6, 6.07) is 0. The predicted octanol–water partition coefficient (Wildman–Crippen LogP) is -0.524. The molecule has 0 aliphatic heterocycles. The van der Waals surface area contributed by atoms with E-state index in [4.69, 9.17) is 16.9 Å². The molecule has 0 rings (SSSR count). The van der Waals surface area contributed by atoms with Crippen molar-refractivity contribution >= 4 is 34.8 Å². The van der Waals surface area contributed by atoms with Crippen molar-refractivity contribution in [2.45, 2.75) is 0 Å². The molecule has 0 unspecified atom stereocenters. The van der Waals surface area contributed by atoms with Gasteiger partial charge in [-0.2, -0.15) is 4.99 Å². The average molecular weight is 241 g/mol. The third kappa shape index (κ3) is 4.01. The smallest absolute Gasteiger partial charge is 0.229 e. The molecule has 6 heteroatoms. The Labute approximate surface area is 67.1 Å². The molecule has 0 heterocycles. The van der Waals surface area contributed by atoms with Crippen molar-refractivity contribution in [1.82, 2.24) is 3.11 Å². The first kappa shape index (κ1) is 8.47. The van der Waals surface area contributed by atoms with Crippen LogP contribution < -0.4 is 11.5 Å². The minimum Gasteiger partial charge on any atom is -0.370 e. The maximum Gasteiger partial charge on any atom is 0.229 e. The lowest BCUT2D eigenvalue weighted by molar-refractivity contribution is 0.877. The molecule has 0 bridgehead atoms. The summed E-state index contributed by atoms with van der Waals surface area (Å²) in [5.74, 6) is -0.0564. The SMILES string of the molecule is CN(I)C(=N)N=C(N)N. The van der Waals surface area contributed by atoms with Crippen molar-refractivity contribution in [2.75, 3.05) is 7.05 Å². The first-order chi connectivity index (χ1) is 4.04. The van der Waals surface area contributed by atoms with E-state index in [1.165, 1.54) is 3.11 Å². The second-order valence-electron chi connectivity index (χ2n) is 1.34. The third-order valence-electron chi connectivity index (χ3n) is 0.527. The minimum atomic E-state index is -0.0940. The van der Waals surface area contributed by atoms with E-state index in [0.29, 0.717) is 0 Å². The van der Waals surface area contributed by atoms with Crippen LogP contribution in [0.5, 0.6) is 0 Å². The average Bonchev–Trinajstić information content (AvgIpc) is 1.63. The standard InChI is InChI=1S/C3H8IN5/c1-9(4)3(7)8-2(5)6/h1H3,(H5,5,6,7,8). The molecule has 0 fully saturated rings.